The van der Waals surface area contributed by atoms with Crippen molar-refractivity contribution in [3.05, 3.63) is 94.5 Å². The van der Waals surface area contributed by atoms with Crippen LogP contribution in [0.15, 0.2) is 78.4 Å². The zero-order valence-corrected chi connectivity index (χ0v) is 18.2. The molecule has 1 unspecified atom stereocenters. The number of ketones is 1. The Morgan fingerprint density at radius 3 is 2.34 bits per heavy atom. The van der Waals surface area contributed by atoms with Gasteiger partial charge in [-0.05, 0) is 36.4 Å². The molecule has 1 aliphatic rings. The van der Waals surface area contributed by atoms with Gasteiger partial charge in [-0.1, -0.05) is 48.0 Å². The van der Waals surface area contributed by atoms with Gasteiger partial charge in [0.2, 0.25) is 0 Å². The van der Waals surface area contributed by atoms with Crippen LogP contribution in [0.5, 0.6) is 11.5 Å². The van der Waals surface area contributed by atoms with Gasteiger partial charge in [0.1, 0.15) is 17.3 Å². The van der Waals surface area contributed by atoms with Gasteiger partial charge < -0.3 is 14.6 Å². The molecule has 1 fully saturated rings. The number of carbonyl (C=O) groups is 2. The summed E-state index contributed by atoms with van der Waals surface area (Å²) in [5.74, 6) is -0.912. The Hall–Kier alpha value is -3.77. The number of rotatable bonds is 5. The predicted octanol–water partition coefficient (Wildman–Crippen LogP) is 4.98. The molecule has 1 N–H and O–H groups in total. The molecule has 0 aromatic heterocycles. The number of methoxy groups -OCH3 is 2. The third-order valence-corrected chi connectivity index (χ3v) is 5.54. The number of ether oxygens (including phenoxy) is 2. The number of halogens is 1. The summed E-state index contributed by atoms with van der Waals surface area (Å²) in [6.45, 7) is 0. The number of carbonyl (C=O) groups excluding carboxylic acids is 2. The van der Waals surface area contributed by atoms with Crippen LogP contribution in [-0.4, -0.2) is 31.0 Å². The second-order valence-electron chi connectivity index (χ2n) is 7.12. The Morgan fingerprint density at radius 1 is 0.938 bits per heavy atom. The summed E-state index contributed by atoms with van der Waals surface area (Å²) >= 11 is 6.17. The number of hydrogen-bond donors (Lipinski definition) is 1. The molecule has 7 heteroatoms. The normalized spacial score (nSPS) is 17.5. The number of amides is 1. The molecule has 1 heterocycles. The highest BCUT2D eigenvalue weighted by atomic mass is 35.5. The highest BCUT2D eigenvalue weighted by Gasteiger charge is 2.48. The van der Waals surface area contributed by atoms with E-state index in [1.54, 1.807) is 72.8 Å². The maximum Gasteiger partial charge on any atom is 0.300 e. The first-order valence-corrected chi connectivity index (χ1v) is 10.2. The van der Waals surface area contributed by atoms with Crippen molar-refractivity contribution in [3.8, 4) is 11.5 Å². The molecule has 1 saturated heterocycles. The van der Waals surface area contributed by atoms with Gasteiger partial charge in [0, 0.05) is 21.8 Å². The maximum absolute atomic E-state index is 13.2. The molecular weight excluding hydrogens is 430 g/mol. The summed E-state index contributed by atoms with van der Waals surface area (Å²) < 4.78 is 10.9. The molecule has 1 aliphatic heterocycles. The first-order valence-electron chi connectivity index (χ1n) is 9.80. The molecule has 0 saturated carbocycles. The Kier molecular flexibility index (Phi) is 5.88. The number of anilines is 1. The fraction of sp³-hybridized carbons (Fsp3) is 0.120. The lowest BCUT2D eigenvalue weighted by Gasteiger charge is -2.27. The van der Waals surface area contributed by atoms with Crippen LogP contribution < -0.4 is 14.4 Å². The smallest absolute Gasteiger partial charge is 0.300 e. The van der Waals surface area contributed by atoms with E-state index in [4.69, 9.17) is 21.1 Å². The summed E-state index contributed by atoms with van der Waals surface area (Å²) in [5, 5.41) is 11.5. The Morgan fingerprint density at radius 2 is 1.69 bits per heavy atom. The van der Waals surface area contributed by atoms with E-state index >= 15 is 0 Å². The topological polar surface area (TPSA) is 76.1 Å². The Labute approximate surface area is 190 Å². The highest BCUT2D eigenvalue weighted by Crippen LogP contribution is 2.46. The summed E-state index contributed by atoms with van der Waals surface area (Å²) in [6.07, 6.45) is 0. The van der Waals surface area contributed by atoms with Gasteiger partial charge in [0.05, 0.1) is 25.8 Å². The fourth-order valence-electron chi connectivity index (χ4n) is 3.82. The van der Waals surface area contributed by atoms with Gasteiger partial charge in [-0.25, -0.2) is 0 Å². The van der Waals surface area contributed by atoms with Crippen molar-refractivity contribution < 1.29 is 24.2 Å². The molecule has 0 spiro atoms. The van der Waals surface area contributed by atoms with E-state index in [0.717, 1.165) is 0 Å². The molecule has 0 aliphatic carbocycles. The third kappa shape index (κ3) is 3.69. The lowest BCUT2D eigenvalue weighted by molar-refractivity contribution is -0.132. The fourth-order valence-corrected chi connectivity index (χ4v) is 4.01. The summed E-state index contributed by atoms with van der Waals surface area (Å²) in [6, 6.07) is 19.4. The van der Waals surface area contributed by atoms with E-state index in [1.807, 2.05) is 0 Å². The van der Waals surface area contributed by atoms with E-state index in [-0.39, 0.29) is 11.3 Å². The zero-order valence-electron chi connectivity index (χ0n) is 17.4. The number of benzene rings is 3. The van der Waals surface area contributed by atoms with E-state index in [9.17, 15) is 14.7 Å². The lowest BCUT2D eigenvalue weighted by Crippen LogP contribution is -2.29. The van der Waals surface area contributed by atoms with Gasteiger partial charge in [0.25, 0.3) is 11.7 Å². The molecular formula is C25H20ClNO5. The molecule has 0 bridgehead atoms. The van der Waals surface area contributed by atoms with Crippen molar-refractivity contribution in [3.63, 3.8) is 0 Å². The van der Waals surface area contributed by atoms with E-state index < -0.39 is 17.7 Å². The average Bonchev–Trinajstić information content (AvgIpc) is 3.09. The monoisotopic (exact) mass is 449 g/mol. The van der Waals surface area contributed by atoms with Crippen LogP contribution in [0.1, 0.15) is 17.2 Å². The first kappa shape index (κ1) is 21.5. The SMILES string of the molecule is COc1ccc(OC)c(C2/C(=C(/O)c3ccccc3)C(=O)C(=O)N2c2cccc(Cl)c2)c1. The second kappa shape index (κ2) is 8.77. The second-order valence-corrected chi connectivity index (χ2v) is 7.56. The molecule has 6 nitrogen and oxygen atoms in total. The van der Waals surface area contributed by atoms with Crippen molar-refractivity contribution in [2.45, 2.75) is 6.04 Å². The summed E-state index contributed by atoms with van der Waals surface area (Å²) in [4.78, 5) is 27.7. The number of aliphatic hydroxyl groups excluding tert-OH is 1. The van der Waals surface area contributed by atoms with Crippen molar-refractivity contribution >= 4 is 34.7 Å². The van der Waals surface area contributed by atoms with Crippen molar-refractivity contribution in [1.82, 2.24) is 0 Å². The third-order valence-electron chi connectivity index (χ3n) is 5.31. The molecule has 162 valence electrons. The minimum absolute atomic E-state index is 0.0484. The molecule has 0 radical (unpaired) electrons. The van der Waals surface area contributed by atoms with Gasteiger partial charge in [-0.15, -0.1) is 0 Å². The molecule has 1 atom stereocenters. The van der Waals surface area contributed by atoms with Crippen LogP contribution >= 0.6 is 11.6 Å². The lowest BCUT2D eigenvalue weighted by atomic mass is 9.94. The van der Waals surface area contributed by atoms with Gasteiger partial charge in [-0.2, -0.15) is 0 Å². The number of Topliss-reactive ketones (excluding diaryl/α,β-unsaturated/α-hetero) is 1. The highest BCUT2D eigenvalue weighted by molar-refractivity contribution is 6.51. The Bertz CT molecular complexity index is 1220. The summed E-state index contributed by atoms with van der Waals surface area (Å²) in [7, 11) is 3.01. The van der Waals surface area contributed by atoms with Crippen LogP contribution in [0, 0.1) is 0 Å². The largest absolute Gasteiger partial charge is 0.507 e. The van der Waals surface area contributed by atoms with Crippen LogP contribution in [0.3, 0.4) is 0 Å². The standard InChI is InChI=1S/C25H20ClNO5/c1-31-18-11-12-20(32-2)19(14-18)22-21(23(28)15-7-4-3-5-8-15)24(29)25(30)27(22)17-10-6-9-16(26)13-17/h3-14,22,28H,1-2H3/b23-21-. The van der Waals surface area contributed by atoms with Crippen LogP contribution in [-0.2, 0) is 9.59 Å². The molecule has 3 aromatic carbocycles. The predicted molar refractivity (Wildman–Crippen MR) is 122 cm³/mol. The Balaban J connectivity index is 2.02. The van der Waals surface area contributed by atoms with E-state index in [1.165, 1.54) is 19.1 Å². The van der Waals surface area contributed by atoms with Gasteiger partial charge >= 0.3 is 0 Å². The van der Waals surface area contributed by atoms with Gasteiger partial charge in [0.15, 0.2) is 0 Å². The van der Waals surface area contributed by atoms with E-state index in [0.29, 0.717) is 33.3 Å². The maximum atomic E-state index is 13.2. The average molecular weight is 450 g/mol. The van der Waals surface area contributed by atoms with Crippen molar-refractivity contribution in [2.24, 2.45) is 0 Å². The number of aliphatic hydroxyl groups is 1. The minimum Gasteiger partial charge on any atom is -0.507 e. The van der Waals surface area contributed by atoms with Gasteiger partial charge in [-0.3, -0.25) is 14.5 Å². The molecule has 4 rings (SSSR count). The van der Waals surface area contributed by atoms with Crippen LogP contribution in [0.25, 0.3) is 5.76 Å². The minimum atomic E-state index is -0.960. The van der Waals surface area contributed by atoms with Crippen LogP contribution in [0.2, 0.25) is 5.02 Å². The first-order chi connectivity index (χ1) is 15.5. The molecule has 3 aromatic rings. The quantitative estimate of drug-likeness (QED) is 0.337. The molecule has 1 amide bonds. The van der Waals surface area contributed by atoms with E-state index in [2.05, 4.69) is 0 Å². The summed E-state index contributed by atoms with van der Waals surface area (Å²) in [5.41, 5.74) is 1.28. The number of nitrogens with zero attached hydrogens (tertiary/aromatic N) is 1. The number of hydrogen-bond acceptors (Lipinski definition) is 5. The van der Waals surface area contributed by atoms with Crippen molar-refractivity contribution in [2.75, 3.05) is 19.1 Å². The zero-order chi connectivity index (χ0) is 22.8. The molecule has 32 heavy (non-hydrogen) atoms. The van der Waals surface area contributed by atoms with Crippen LogP contribution in [0.4, 0.5) is 5.69 Å². The van der Waals surface area contributed by atoms with Crippen molar-refractivity contribution in [1.29, 1.82) is 0 Å².